The van der Waals surface area contributed by atoms with Crippen LogP contribution in [0.1, 0.15) is 60.3 Å². The van der Waals surface area contributed by atoms with E-state index < -0.39 is 23.8 Å². The molecule has 3 rings (SSSR count). The van der Waals surface area contributed by atoms with Gasteiger partial charge in [-0.15, -0.1) is 0 Å². The Morgan fingerprint density at radius 3 is 2.50 bits per heavy atom. The van der Waals surface area contributed by atoms with Crippen molar-refractivity contribution in [1.82, 2.24) is 15.5 Å². The first-order chi connectivity index (χ1) is 16.9. The predicted molar refractivity (Wildman–Crippen MR) is 138 cm³/mol. The Morgan fingerprint density at radius 2 is 1.94 bits per heavy atom. The van der Waals surface area contributed by atoms with Gasteiger partial charge < -0.3 is 34.5 Å². The molecule has 1 saturated carbocycles. The Balaban J connectivity index is 1.62. The minimum atomic E-state index is -0.673. The van der Waals surface area contributed by atoms with Crippen molar-refractivity contribution in [2.75, 3.05) is 40.9 Å². The number of methoxy groups -OCH3 is 1. The van der Waals surface area contributed by atoms with E-state index >= 15 is 0 Å². The van der Waals surface area contributed by atoms with E-state index in [4.69, 9.17) is 18.9 Å². The highest BCUT2D eigenvalue weighted by atomic mass is 16.6. The van der Waals surface area contributed by atoms with E-state index in [2.05, 4.69) is 42.4 Å². The number of carbonyl (C=O) groups is 2. The monoisotopic (exact) mass is 509 g/mol. The van der Waals surface area contributed by atoms with E-state index in [0.29, 0.717) is 19.6 Å². The van der Waals surface area contributed by atoms with Crippen molar-refractivity contribution in [3.63, 3.8) is 0 Å². The molecule has 36 heavy (non-hydrogen) atoms. The molecule has 0 aromatic carbocycles. The van der Waals surface area contributed by atoms with Gasteiger partial charge in [-0.25, -0.2) is 4.79 Å². The Labute approximate surface area is 216 Å². The quantitative estimate of drug-likeness (QED) is 0.237. The number of epoxide rings is 2. The number of amides is 2. The van der Waals surface area contributed by atoms with E-state index in [0.717, 1.165) is 25.8 Å². The maximum atomic E-state index is 13.0. The molecule has 3 fully saturated rings. The van der Waals surface area contributed by atoms with E-state index in [1.807, 2.05) is 27.9 Å². The molecule has 2 aliphatic heterocycles. The number of hydrogen-bond acceptors (Lipinski definition) is 7. The maximum Gasteiger partial charge on any atom is 0.408 e. The van der Waals surface area contributed by atoms with Crippen molar-refractivity contribution >= 4 is 12.0 Å². The standard InChI is InChI=1S/C27H47N3O6/c1-17(2)10-11-20-26(5,36-20)23-22(33-8)19(12-13-27(23)16-34-27)35-25(32)29-21(18(3)4)24(31)28-14-9-15-30(6)7/h10,18-23H,9,11-16H2,1-8H3,(H,28,31)(H,29,32)/t19-,20-,21-,22-,23?,26?,27+/m1/s1. The Kier molecular flexibility index (Phi) is 9.46. The number of nitrogens with zero attached hydrogens (tertiary/aromatic N) is 1. The summed E-state index contributed by atoms with van der Waals surface area (Å²) in [5, 5.41) is 5.72. The molecule has 206 valence electrons. The molecule has 3 aliphatic rings. The van der Waals surface area contributed by atoms with Gasteiger partial charge in [0.1, 0.15) is 29.5 Å². The van der Waals surface area contributed by atoms with Crippen LogP contribution in [0.25, 0.3) is 0 Å². The van der Waals surface area contributed by atoms with Crippen LogP contribution < -0.4 is 10.6 Å². The maximum absolute atomic E-state index is 13.0. The van der Waals surface area contributed by atoms with Crippen LogP contribution in [0.15, 0.2) is 11.6 Å². The highest BCUT2D eigenvalue weighted by Crippen LogP contribution is 2.59. The van der Waals surface area contributed by atoms with Crippen LogP contribution in [-0.2, 0) is 23.7 Å². The molecular formula is C27H47N3O6. The lowest BCUT2D eigenvalue weighted by Gasteiger charge is -2.42. The normalized spacial score (nSPS) is 33.8. The van der Waals surface area contributed by atoms with E-state index in [-0.39, 0.29) is 35.6 Å². The molecular weight excluding hydrogens is 462 g/mol. The van der Waals surface area contributed by atoms with Gasteiger partial charge in [0.15, 0.2) is 0 Å². The molecule has 9 heteroatoms. The van der Waals surface area contributed by atoms with Gasteiger partial charge in [-0.2, -0.15) is 0 Å². The van der Waals surface area contributed by atoms with Crippen molar-refractivity contribution in [3.8, 4) is 0 Å². The minimum Gasteiger partial charge on any atom is -0.443 e. The number of hydrogen-bond donors (Lipinski definition) is 2. The Morgan fingerprint density at radius 1 is 1.25 bits per heavy atom. The zero-order chi connectivity index (χ0) is 26.7. The summed E-state index contributed by atoms with van der Waals surface area (Å²) < 4.78 is 24.1. The second-order valence-corrected chi connectivity index (χ2v) is 11.6. The Hall–Kier alpha value is -1.68. The van der Waals surface area contributed by atoms with Crippen LogP contribution in [0.3, 0.4) is 0 Å². The van der Waals surface area contributed by atoms with Crippen LogP contribution in [0.5, 0.6) is 0 Å². The fraction of sp³-hybridized carbons (Fsp3) is 0.852. The van der Waals surface area contributed by atoms with Gasteiger partial charge in [0.2, 0.25) is 5.91 Å². The number of alkyl carbamates (subject to hydrolysis) is 1. The molecule has 0 aromatic heterocycles. The molecule has 0 radical (unpaired) electrons. The van der Waals surface area contributed by atoms with Crippen LogP contribution in [-0.4, -0.2) is 93.4 Å². The third-order valence-corrected chi connectivity index (χ3v) is 7.80. The third kappa shape index (κ3) is 6.79. The number of nitrogens with one attached hydrogen (secondary N) is 2. The first-order valence-corrected chi connectivity index (χ1v) is 13.3. The molecule has 0 aromatic rings. The molecule has 2 unspecified atom stereocenters. The smallest absolute Gasteiger partial charge is 0.408 e. The lowest BCUT2D eigenvalue weighted by Crippen LogP contribution is -2.57. The van der Waals surface area contributed by atoms with Gasteiger partial charge in [0, 0.05) is 13.7 Å². The van der Waals surface area contributed by atoms with Gasteiger partial charge in [0.05, 0.1) is 18.6 Å². The molecule has 7 atom stereocenters. The number of allylic oxidation sites excluding steroid dienone is 1. The molecule has 9 nitrogen and oxygen atoms in total. The van der Waals surface area contributed by atoms with E-state index in [9.17, 15) is 9.59 Å². The summed E-state index contributed by atoms with van der Waals surface area (Å²) >= 11 is 0. The van der Waals surface area contributed by atoms with Crippen LogP contribution >= 0.6 is 0 Å². The van der Waals surface area contributed by atoms with Crippen LogP contribution in [0, 0.1) is 11.8 Å². The zero-order valence-electron chi connectivity index (χ0n) is 23.4. The van der Waals surface area contributed by atoms with E-state index in [1.54, 1.807) is 7.11 Å². The molecule has 2 N–H and O–H groups in total. The summed E-state index contributed by atoms with van der Waals surface area (Å²) in [5.41, 5.74) is 0.587. The molecule has 2 amide bonds. The van der Waals surface area contributed by atoms with Gasteiger partial charge in [-0.05, 0) is 73.0 Å². The lowest BCUT2D eigenvalue weighted by atomic mass is 9.68. The highest BCUT2D eigenvalue weighted by Gasteiger charge is 2.72. The molecule has 2 heterocycles. The van der Waals surface area contributed by atoms with Gasteiger partial charge >= 0.3 is 6.09 Å². The van der Waals surface area contributed by atoms with Crippen molar-refractivity contribution in [2.45, 2.75) is 95.9 Å². The average molecular weight is 510 g/mol. The summed E-state index contributed by atoms with van der Waals surface area (Å²) in [6.45, 7) is 12.2. The first-order valence-electron chi connectivity index (χ1n) is 13.3. The van der Waals surface area contributed by atoms with Gasteiger partial charge in [0.25, 0.3) is 0 Å². The summed E-state index contributed by atoms with van der Waals surface area (Å²) in [5.74, 6) is -0.323. The SMILES string of the molecule is CO[C@H]1C(C2(C)O[C@@H]2CC=C(C)C)[C@]2(CC[C@H]1OC(=O)N[C@@H](C(=O)NCCCN(C)C)C(C)C)CO2. The van der Waals surface area contributed by atoms with E-state index in [1.165, 1.54) is 5.57 Å². The highest BCUT2D eigenvalue weighted by molar-refractivity contribution is 5.85. The summed E-state index contributed by atoms with van der Waals surface area (Å²) in [6.07, 6.45) is 3.98. The molecule has 1 aliphatic carbocycles. The minimum absolute atomic E-state index is 0.0435. The molecule has 1 spiro atoms. The summed E-state index contributed by atoms with van der Waals surface area (Å²) in [7, 11) is 5.65. The fourth-order valence-corrected chi connectivity index (χ4v) is 5.62. The number of ether oxygens (including phenoxy) is 4. The summed E-state index contributed by atoms with van der Waals surface area (Å²) in [4.78, 5) is 27.8. The topological polar surface area (TPSA) is 105 Å². The molecule has 2 saturated heterocycles. The second-order valence-electron chi connectivity index (χ2n) is 11.6. The van der Waals surface area contributed by atoms with Crippen molar-refractivity contribution < 1.29 is 28.5 Å². The van der Waals surface area contributed by atoms with Crippen molar-refractivity contribution in [1.29, 1.82) is 0 Å². The van der Waals surface area contributed by atoms with Gasteiger partial charge in [-0.3, -0.25) is 4.79 Å². The first kappa shape index (κ1) is 28.9. The van der Waals surface area contributed by atoms with Crippen LogP contribution in [0.2, 0.25) is 0 Å². The Bertz CT molecular complexity index is 807. The van der Waals surface area contributed by atoms with Crippen molar-refractivity contribution in [2.24, 2.45) is 11.8 Å². The third-order valence-electron chi connectivity index (χ3n) is 7.80. The number of carbonyl (C=O) groups excluding carboxylic acids is 2. The van der Waals surface area contributed by atoms with Crippen molar-refractivity contribution in [3.05, 3.63) is 11.6 Å². The molecule has 0 bridgehead atoms. The second kappa shape index (κ2) is 11.8. The largest absolute Gasteiger partial charge is 0.443 e. The zero-order valence-corrected chi connectivity index (χ0v) is 23.4. The number of rotatable bonds is 12. The van der Waals surface area contributed by atoms with Crippen LogP contribution in [0.4, 0.5) is 4.79 Å². The summed E-state index contributed by atoms with van der Waals surface area (Å²) in [6, 6.07) is -0.673. The fourth-order valence-electron chi connectivity index (χ4n) is 5.62. The van der Waals surface area contributed by atoms with Gasteiger partial charge in [-0.1, -0.05) is 25.5 Å². The average Bonchev–Trinajstić information content (AvgIpc) is 3.71. The predicted octanol–water partition coefficient (Wildman–Crippen LogP) is 2.88. The lowest BCUT2D eigenvalue weighted by molar-refractivity contribution is -0.125.